The molecule has 0 spiro atoms. The Balaban J connectivity index is 1.68. The first-order chi connectivity index (χ1) is 10.1. The summed E-state index contributed by atoms with van der Waals surface area (Å²) in [5, 5.41) is 12.6. The van der Waals surface area contributed by atoms with Crippen LogP contribution in [0.3, 0.4) is 0 Å². The van der Waals surface area contributed by atoms with E-state index in [1.807, 2.05) is 24.3 Å². The van der Waals surface area contributed by atoms with Gasteiger partial charge in [-0.25, -0.2) is 0 Å². The number of phenols is 1. The summed E-state index contributed by atoms with van der Waals surface area (Å²) in [6, 6.07) is 13.5. The van der Waals surface area contributed by atoms with Crippen molar-refractivity contribution in [3.05, 3.63) is 64.7 Å². The molecule has 0 aliphatic carbocycles. The zero-order chi connectivity index (χ0) is 15.1. The molecule has 2 rings (SSSR count). The Labute approximate surface area is 128 Å². The minimum absolute atomic E-state index is 0.136. The zero-order valence-electron chi connectivity index (χ0n) is 11.4. The highest BCUT2D eigenvalue weighted by Gasteiger charge is 2.04. The first-order valence-corrected chi connectivity index (χ1v) is 6.92. The first kappa shape index (κ1) is 15.4. The maximum Gasteiger partial charge on any atom is 0.251 e. The van der Waals surface area contributed by atoms with Gasteiger partial charge < -0.3 is 15.2 Å². The molecule has 0 bridgehead atoms. The van der Waals surface area contributed by atoms with Crippen LogP contribution in [0.5, 0.6) is 5.75 Å². The largest absolute Gasteiger partial charge is 0.508 e. The summed E-state index contributed by atoms with van der Waals surface area (Å²) in [7, 11) is 0. The Bertz CT molecular complexity index is 599. The topological polar surface area (TPSA) is 58.6 Å². The fraction of sp³-hybridized carbons (Fsp3) is 0.188. The monoisotopic (exact) mass is 305 g/mol. The van der Waals surface area contributed by atoms with Crippen molar-refractivity contribution in [3.63, 3.8) is 0 Å². The lowest BCUT2D eigenvalue weighted by Crippen LogP contribution is -2.27. The number of benzene rings is 2. The SMILES string of the molecule is O=C(NCCOCc1cccc(Cl)c1)c1ccc(O)cc1. The van der Waals surface area contributed by atoms with Gasteiger partial charge in [0.1, 0.15) is 5.75 Å². The summed E-state index contributed by atoms with van der Waals surface area (Å²) in [5.74, 6) is -0.0576. The highest BCUT2D eigenvalue weighted by atomic mass is 35.5. The molecule has 2 N–H and O–H groups in total. The van der Waals surface area contributed by atoms with E-state index < -0.39 is 0 Å². The predicted molar refractivity (Wildman–Crippen MR) is 81.5 cm³/mol. The number of hydrogen-bond donors (Lipinski definition) is 2. The van der Waals surface area contributed by atoms with E-state index in [1.165, 1.54) is 12.1 Å². The molecule has 0 heterocycles. The van der Waals surface area contributed by atoms with Crippen LogP contribution in [-0.2, 0) is 11.3 Å². The molecular formula is C16H16ClNO3. The number of amides is 1. The van der Waals surface area contributed by atoms with E-state index in [2.05, 4.69) is 5.32 Å². The average Bonchev–Trinajstić information content (AvgIpc) is 2.47. The van der Waals surface area contributed by atoms with Crippen LogP contribution in [0.25, 0.3) is 0 Å². The van der Waals surface area contributed by atoms with Crippen molar-refractivity contribution in [2.75, 3.05) is 13.2 Å². The third-order valence-corrected chi connectivity index (χ3v) is 3.05. The molecule has 0 aliphatic rings. The number of carbonyl (C=O) groups is 1. The molecule has 2 aromatic rings. The molecule has 0 unspecified atom stereocenters. The van der Waals surface area contributed by atoms with Crippen molar-refractivity contribution in [3.8, 4) is 5.75 Å². The average molecular weight is 306 g/mol. The van der Waals surface area contributed by atoms with Crippen LogP contribution >= 0.6 is 11.6 Å². The number of halogens is 1. The lowest BCUT2D eigenvalue weighted by atomic mass is 10.2. The molecule has 0 aromatic heterocycles. The van der Waals surface area contributed by atoms with Crippen LogP contribution < -0.4 is 5.32 Å². The maximum absolute atomic E-state index is 11.8. The van der Waals surface area contributed by atoms with E-state index in [-0.39, 0.29) is 11.7 Å². The van der Waals surface area contributed by atoms with Crippen molar-refractivity contribution in [1.29, 1.82) is 0 Å². The van der Waals surface area contributed by atoms with Gasteiger partial charge in [-0.1, -0.05) is 23.7 Å². The van der Waals surface area contributed by atoms with Crippen LogP contribution in [0.15, 0.2) is 48.5 Å². The smallest absolute Gasteiger partial charge is 0.251 e. The fourth-order valence-corrected chi connectivity index (χ4v) is 1.98. The van der Waals surface area contributed by atoms with Gasteiger partial charge in [0, 0.05) is 17.1 Å². The summed E-state index contributed by atoms with van der Waals surface area (Å²) in [6.45, 7) is 1.28. The summed E-state index contributed by atoms with van der Waals surface area (Å²) < 4.78 is 5.47. The van der Waals surface area contributed by atoms with Gasteiger partial charge in [0.15, 0.2) is 0 Å². The van der Waals surface area contributed by atoms with Crippen LogP contribution in [0.4, 0.5) is 0 Å². The Morgan fingerprint density at radius 1 is 1.19 bits per heavy atom. The molecule has 110 valence electrons. The summed E-state index contributed by atoms with van der Waals surface area (Å²) in [4.78, 5) is 11.8. The van der Waals surface area contributed by atoms with Crippen LogP contribution in [0, 0.1) is 0 Å². The van der Waals surface area contributed by atoms with Gasteiger partial charge in [0.25, 0.3) is 5.91 Å². The molecule has 0 aliphatic heterocycles. The minimum Gasteiger partial charge on any atom is -0.508 e. The van der Waals surface area contributed by atoms with Gasteiger partial charge in [-0.3, -0.25) is 4.79 Å². The standard InChI is InChI=1S/C16H16ClNO3/c17-14-3-1-2-12(10-14)11-21-9-8-18-16(20)13-4-6-15(19)7-5-13/h1-7,10,19H,8-9,11H2,(H,18,20). The molecule has 2 aromatic carbocycles. The fourth-order valence-electron chi connectivity index (χ4n) is 1.77. The molecular weight excluding hydrogens is 290 g/mol. The number of phenolic OH excluding ortho intramolecular Hbond substituents is 1. The Morgan fingerprint density at radius 2 is 1.95 bits per heavy atom. The van der Waals surface area contributed by atoms with E-state index in [4.69, 9.17) is 21.4 Å². The van der Waals surface area contributed by atoms with Crippen molar-refractivity contribution in [1.82, 2.24) is 5.32 Å². The van der Waals surface area contributed by atoms with Crippen LogP contribution in [-0.4, -0.2) is 24.2 Å². The number of ether oxygens (including phenoxy) is 1. The van der Waals surface area contributed by atoms with Gasteiger partial charge in [-0.15, -0.1) is 0 Å². The lowest BCUT2D eigenvalue weighted by Gasteiger charge is -2.07. The van der Waals surface area contributed by atoms with E-state index in [0.29, 0.717) is 30.3 Å². The van der Waals surface area contributed by atoms with E-state index in [1.54, 1.807) is 12.1 Å². The molecule has 5 heteroatoms. The number of aromatic hydroxyl groups is 1. The normalized spacial score (nSPS) is 10.3. The molecule has 0 fully saturated rings. The second kappa shape index (κ2) is 7.67. The number of carbonyl (C=O) groups excluding carboxylic acids is 1. The summed E-state index contributed by atoms with van der Waals surface area (Å²) in [6.07, 6.45) is 0. The molecule has 0 atom stereocenters. The van der Waals surface area contributed by atoms with Gasteiger partial charge in [-0.05, 0) is 42.0 Å². The molecule has 0 radical (unpaired) electrons. The van der Waals surface area contributed by atoms with E-state index >= 15 is 0 Å². The third kappa shape index (κ3) is 5.10. The molecule has 1 amide bonds. The molecule has 0 saturated heterocycles. The quantitative estimate of drug-likeness (QED) is 0.807. The minimum atomic E-state index is -0.193. The van der Waals surface area contributed by atoms with Crippen molar-refractivity contribution in [2.45, 2.75) is 6.61 Å². The van der Waals surface area contributed by atoms with Crippen LogP contribution in [0.2, 0.25) is 5.02 Å². The first-order valence-electron chi connectivity index (χ1n) is 6.54. The summed E-state index contributed by atoms with van der Waals surface area (Å²) >= 11 is 5.88. The van der Waals surface area contributed by atoms with Gasteiger partial charge in [0.2, 0.25) is 0 Å². The Hall–Kier alpha value is -2.04. The van der Waals surface area contributed by atoms with Crippen molar-refractivity contribution >= 4 is 17.5 Å². The van der Waals surface area contributed by atoms with E-state index in [0.717, 1.165) is 5.56 Å². The maximum atomic E-state index is 11.8. The second-order valence-corrected chi connectivity index (χ2v) is 4.92. The highest BCUT2D eigenvalue weighted by molar-refractivity contribution is 6.30. The second-order valence-electron chi connectivity index (χ2n) is 4.49. The third-order valence-electron chi connectivity index (χ3n) is 2.82. The molecule has 21 heavy (non-hydrogen) atoms. The van der Waals surface area contributed by atoms with E-state index in [9.17, 15) is 4.79 Å². The summed E-state index contributed by atoms with van der Waals surface area (Å²) in [5.41, 5.74) is 1.50. The molecule has 0 saturated carbocycles. The van der Waals surface area contributed by atoms with Crippen molar-refractivity contribution < 1.29 is 14.6 Å². The highest BCUT2D eigenvalue weighted by Crippen LogP contribution is 2.11. The zero-order valence-corrected chi connectivity index (χ0v) is 12.1. The Kier molecular flexibility index (Phi) is 5.60. The number of rotatable bonds is 6. The number of hydrogen-bond acceptors (Lipinski definition) is 3. The van der Waals surface area contributed by atoms with Gasteiger partial charge >= 0.3 is 0 Å². The van der Waals surface area contributed by atoms with Crippen molar-refractivity contribution in [2.24, 2.45) is 0 Å². The van der Waals surface area contributed by atoms with Crippen LogP contribution in [0.1, 0.15) is 15.9 Å². The molecule has 4 nitrogen and oxygen atoms in total. The van der Waals surface area contributed by atoms with Gasteiger partial charge in [-0.2, -0.15) is 0 Å². The lowest BCUT2D eigenvalue weighted by molar-refractivity contribution is 0.0901. The Morgan fingerprint density at radius 3 is 2.67 bits per heavy atom. The van der Waals surface area contributed by atoms with Gasteiger partial charge in [0.05, 0.1) is 13.2 Å². The predicted octanol–water partition coefficient (Wildman–Crippen LogP) is 2.99. The number of nitrogens with one attached hydrogen (secondary N) is 1.